The van der Waals surface area contributed by atoms with Gasteiger partial charge in [0.1, 0.15) is 0 Å². The molecule has 1 aromatic rings. The van der Waals surface area contributed by atoms with Crippen molar-refractivity contribution in [3.8, 4) is 0 Å². The van der Waals surface area contributed by atoms with Gasteiger partial charge in [-0.15, -0.1) is 0 Å². The Morgan fingerprint density at radius 3 is 2.50 bits per heavy atom. The van der Waals surface area contributed by atoms with Gasteiger partial charge in [-0.3, -0.25) is 0 Å². The van der Waals surface area contributed by atoms with Crippen molar-refractivity contribution in [3.05, 3.63) is 23.0 Å². The molecule has 0 spiro atoms. The second kappa shape index (κ2) is 1.66. The summed E-state index contributed by atoms with van der Waals surface area (Å²) in [6.45, 7) is 6.67. The Balaban J connectivity index is 2.50. The molecule has 1 aliphatic rings. The first-order valence-corrected chi connectivity index (χ1v) is 3.89. The predicted octanol–water partition coefficient (Wildman–Crippen LogP) is 2.28. The summed E-state index contributed by atoms with van der Waals surface area (Å²) in [6.07, 6.45) is 1.25. The van der Waals surface area contributed by atoms with E-state index in [2.05, 4.69) is 31.4 Å². The summed E-state index contributed by atoms with van der Waals surface area (Å²) in [7, 11) is 0. The third-order valence-electron chi connectivity index (χ3n) is 2.17. The molecular weight excluding hydrogens is 122 g/mol. The van der Waals surface area contributed by atoms with Crippen LogP contribution in [0.25, 0.3) is 0 Å². The highest BCUT2D eigenvalue weighted by Crippen LogP contribution is 2.33. The number of rotatable bonds is 1. The molecule has 1 heterocycles. The van der Waals surface area contributed by atoms with E-state index in [1.54, 1.807) is 11.3 Å². The van der Waals surface area contributed by atoms with Crippen molar-refractivity contribution in [2.75, 3.05) is 0 Å². The lowest BCUT2D eigenvalue weighted by Crippen LogP contribution is -2.02. The van der Waals surface area contributed by atoms with Crippen molar-refractivity contribution in [2.24, 2.45) is 0 Å². The first-order valence-electron chi connectivity index (χ1n) is 3.89. The summed E-state index contributed by atoms with van der Waals surface area (Å²) in [6, 6.07) is 2.95. The Kier molecular flexibility index (Phi) is 0.997. The van der Waals surface area contributed by atoms with Crippen molar-refractivity contribution in [1.29, 1.82) is 0 Å². The van der Waals surface area contributed by atoms with Crippen LogP contribution in [0.3, 0.4) is 0 Å². The van der Waals surface area contributed by atoms with Gasteiger partial charge in [0.05, 0.1) is 0 Å². The van der Waals surface area contributed by atoms with Crippen molar-refractivity contribution in [1.82, 2.24) is 4.57 Å². The molecule has 1 nitrogen and oxygen atoms in total. The molecule has 0 saturated carbocycles. The maximum Gasteiger partial charge on any atom is 0.0279 e. The summed E-state index contributed by atoms with van der Waals surface area (Å²) in [5.74, 6) is 0. The summed E-state index contributed by atoms with van der Waals surface area (Å²) in [5.41, 5.74) is 4.55. The standard InChI is InChI=1S/C9H13N/c1-6(2)10-7(3)4-8-5-9(8)10/h4,6H,5H2,1-3H3. The van der Waals surface area contributed by atoms with E-state index in [4.69, 9.17) is 0 Å². The van der Waals surface area contributed by atoms with Crippen molar-refractivity contribution >= 4 is 0 Å². The smallest absolute Gasteiger partial charge is 0.0279 e. The SMILES string of the molecule is Cc1cc2c(n1C(C)C)C2. The van der Waals surface area contributed by atoms with Gasteiger partial charge in [-0.2, -0.15) is 0 Å². The third-order valence-corrected chi connectivity index (χ3v) is 2.17. The molecule has 1 aromatic heterocycles. The number of fused-ring (bicyclic) bond motifs is 1. The Morgan fingerprint density at radius 2 is 2.20 bits per heavy atom. The molecule has 0 fully saturated rings. The maximum atomic E-state index is 2.43. The van der Waals surface area contributed by atoms with E-state index in [0.29, 0.717) is 6.04 Å². The first kappa shape index (κ1) is 6.02. The minimum absolute atomic E-state index is 0.645. The number of hydrogen-bond acceptors (Lipinski definition) is 0. The lowest BCUT2D eigenvalue weighted by Gasteiger charge is -2.11. The molecule has 0 radical (unpaired) electrons. The van der Waals surface area contributed by atoms with Crippen molar-refractivity contribution < 1.29 is 0 Å². The van der Waals surface area contributed by atoms with Gasteiger partial charge in [-0.1, -0.05) is 0 Å². The lowest BCUT2D eigenvalue weighted by atomic mass is 10.3. The Morgan fingerprint density at radius 1 is 1.50 bits per heavy atom. The van der Waals surface area contributed by atoms with Crippen LogP contribution in [0.5, 0.6) is 0 Å². The fraction of sp³-hybridized carbons (Fsp3) is 0.556. The number of hydrogen-bond donors (Lipinski definition) is 0. The molecule has 0 aliphatic heterocycles. The normalized spacial score (nSPS) is 14.0. The van der Waals surface area contributed by atoms with Gasteiger partial charge in [0.15, 0.2) is 0 Å². The zero-order valence-corrected chi connectivity index (χ0v) is 6.81. The Labute approximate surface area is 61.7 Å². The van der Waals surface area contributed by atoms with E-state index in [1.807, 2.05) is 0 Å². The molecule has 0 N–H and O–H groups in total. The molecule has 2 rings (SSSR count). The molecular formula is C9H13N. The summed E-state index contributed by atoms with van der Waals surface area (Å²) in [4.78, 5) is 0. The second-order valence-corrected chi connectivity index (χ2v) is 3.40. The fourth-order valence-electron chi connectivity index (χ4n) is 1.76. The van der Waals surface area contributed by atoms with Crippen LogP contribution in [0.4, 0.5) is 0 Å². The van der Waals surface area contributed by atoms with Crippen LogP contribution in [0.15, 0.2) is 6.07 Å². The second-order valence-electron chi connectivity index (χ2n) is 3.40. The molecule has 0 aromatic carbocycles. The quantitative estimate of drug-likeness (QED) is 0.565. The van der Waals surface area contributed by atoms with E-state index >= 15 is 0 Å². The molecule has 54 valence electrons. The van der Waals surface area contributed by atoms with E-state index in [1.165, 1.54) is 12.1 Å². The van der Waals surface area contributed by atoms with E-state index in [9.17, 15) is 0 Å². The van der Waals surface area contributed by atoms with Gasteiger partial charge in [-0.25, -0.2) is 0 Å². The van der Waals surface area contributed by atoms with Crippen LogP contribution in [0.1, 0.15) is 36.8 Å². The van der Waals surface area contributed by atoms with Gasteiger partial charge in [0, 0.05) is 23.9 Å². The van der Waals surface area contributed by atoms with Crippen molar-refractivity contribution in [3.63, 3.8) is 0 Å². The predicted molar refractivity (Wildman–Crippen MR) is 42.4 cm³/mol. The van der Waals surface area contributed by atoms with Crippen LogP contribution in [-0.4, -0.2) is 4.57 Å². The van der Waals surface area contributed by atoms with Gasteiger partial charge in [-0.05, 0) is 32.4 Å². The highest BCUT2D eigenvalue weighted by molar-refractivity contribution is 5.44. The molecule has 10 heavy (non-hydrogen) atoms. The van der Waals surface area contributed by atoms with E-state index < -0.39 is 0 Å². The highest BCUT2D eigenvalue weighted by atomic mass is 15.0. The number of nitrogens with zero attached hydrogens (tertiary/aromatic N) is 1. The molecule has 0 amide bonds. The molecule has 0 atom stereocenters. The highest BCUT2D eigenvalue weighted by Gasteiger charge is 2.24. The first-order chi connectivity index (χ1) is 4.70. The van der Waals surface area contributed by atoms with Gasteiger partial charge < -0.3 is 4.57 Å². The van der Waals surface area contributed by atoms with Crippen LogP contribution in [0, 0.1) is 6.92 Å². The van der Waals surface area contributed by atoms with Crippen LogP contribution in [0.2, 0.25) is 0 Å². The summed E-state index contributed by atoms with van der Waals surface area (Å²) >= 11 is 0. The van der Waals surface area contributed by atoms with Gasteiger partial charge in [0.2, 0.25) is 0 Å². The zero-order valence-electron chi connectivity index (χ0n) is 6.81. The summed E-state index contributed by atoms with van der Waals surface area (Å²) < 4.78 is 2.43. The minimum Gasteiger partial charge on any atom is -0.346 e. The van der Waals surface area contributed by atoms with Gasteiger partial charge in [0.25, 0.3) is 0 Å². The molecule has 0 bridgehead atoms. The van der Waals surface area contributed by atoms with Crippen LogP contribution in [-0.2, 0) is 6.42 Å². The van der Waals surface area contributed by atoms with E-state index in [0.717, 1.165) is 0 Å². The average molecular weight is 135 g/mol. The average Bonchev–Trinajstić information content (AvgIpc) is 2.42. The van der Waals surface area contributed by atoms with Gasteiger partial charge >= 0.3 is 0 Å². The zero-order chi connectivity index (χ0) is 7.30. The largest absolute Gasteiger partial charge is 0.346 e. The Hall–Kier alpha value is -0.720. The minimum atomic E-state index is 0.645. The number of aromatic nitrogens is 1. The topological polar surface area (TPSA) is 4.93 Å². The molecule has 0 unspecified atom stereocenters. The Bertz CT molecular complexity index is 265. The lowest BCUT2D eigenvalue weighted by molar-refractivity contribution is 0.580. The van der Waals surface area contributed by atoms with E-state index in [-0.39, 0.29) is 0 Å². The number of aryl methyl sites for hydroxylation is 1. The molecule has 0 saturated heterocycles. The third kappa shape index (κ3) is 0.634. The van der Waals surface area contributed by atoms with Crippen molar-refractivity contribution in [2.45, 2.75) is 33.2 Å². The monoisotopic (exact) mass is 135 g/mol. The fourth-order valence-corrected chi connectivity index (χ4v) is 1.76. The summed E-state index contributed by atoms with van der Waals surface area (Å²) in [5, 5.41) is 0. The molecule has 1 aliphatic carbocycles. The van der Waals surface area contributed by atoms with Crippen LogP contribution < -0.4 is 0 Å². The van der Waals surface area contributed by atoms with Crippen LogP contribution >= 0.6 is 0 Å². The molecule has 1 heteroatoms. The maximum absolute atomic E-state index is 2.43.